The quantitative estimate of drug-likeness (QED) is 0.824. The third kappa shape index (κ3) is 2.53. The van der Waals surface area contributed by atoms with Gasteiger partial charge in [0.05, 0.1) is 11.9 Å². The van der Waals surface area contributed by atoms with Gasteiger partial charge in [0.15, 0.2) is 0 Å². The van der Waals surface area contributed by atoms with Crippen LogP contribution in [0.4, 0.5) is 5.69 Å². The molecule has 76 valence electrons. The first-order chi connectivity index (χ1) is 7.36. The zero-order valence-corrected chi connectivity index (χ0v) is 8.64. The largest absolute Gasteiger partial charge is 0.380 e. The normalized spacial score (nSPS) is 9.93. The van der Waals surface area contributed by atoms with Crippen LogP contribution < -0.4 is 5.32 Å². The van der Waals surface area contributed by atoms with E-state index in [9.17, 15) is 0 Å². The molecule has 0 aliphatic carbocycles. The van der Waals surface area contributed by atoms with E-state index in [-0.39, 0.29) is 0 Å². The Morgan fingerprint density at radius 2 is 1.80 bits per heavy atom. The molecule has 0 unspecified atom stereocenters. The summed E-state index contributed by atoms with van der Waals surface area (Å²) in [7, 11) is 0. The number of anilines is 1. The van der Waals surface area contributed by atoms with Crippen molar-refractivity contribution >= 4 is 5.69 Å². The van der Waals surface area contributed by atoms with Crippen molar-refractivity contribution in [2.24, 2.45) is 0 Å². The van der Waals surface area contributed by atoms with Crippen LogP contribution in [0.2, 0.25) is 0 Å². The fourth-order valence-electron chi connectivity index (χ4n) is 1.35. The Kier molecular flexibility index (Phi) is 2.93. The van der Waals surface area contributed by atoms with E-state index in [2.05, 4.69) is 22.2 Å². The van der Waals surface area contributed by atoms with Gasteiger partial charge >= 0.3 is 0 Å². The third-order valence-electron chi connectivity index (χ3n) is 2.27. The van der Waals surface area contributed by atoms with Crippen molar-refractivity contribution in [3.8, 4) is 0 Å². The van der Waals surface area contributed by atoms with Crippen LogP contribution in [-0.4, -0.2) is 9.97 Å². The molecule has 0 aromatic carbocycles. The summed E-state index contributed by atoms with van der Waals surface area (Å²) < 4.78 is 0. The Balaban J connectivity index is 2.03. The number of nitrogens with one attached hydrogen (secondary N) is 1. The molecular weight excluding hydrogens is 186 g/mol. The highest BCUT2D eigenvalue weighted by Gasteiger charge is 1.96. The van der Waals surface area contributed by atoms with E-state index in [0.29, 0.717) is 0 Å². The molecule has 2 heterocycles. The molecule has 2 aromatic heterocycles. The van der Waals surface area contributed by atoms with E-state index in [1.807, 2.05) is 24.4 Å². The van der Waals surface area contributed by atoms with Gasteiger partial charge in [-0.05, 0) is 36.2 Å². The molecule has 15 heavy (non-hydrogen) atoms. The summed E-state index contributed by atoms with van der Waals surface area (Å²) in [6.45, 7) is 2.87. The number of rotatable bonds is 3. The van der Waals surface area contributed by atoms with E-state index in [4.69, 9.17) is 0 Å². The first kappa shape index (κ1) is 9.65. The smallest absolute Gasteiger partial charge is 0.0559 e. The van der Waals surface area contributed by atoms with Gasteiger partial charge in [-0.3, -0.25) is 9.97 Å². The van der Waals surface area contributed by atoms with Gasteiger partial charge < -0.3 is 5.32 Å². The highest BCUT2D eigenvalue weighted by atomic mass is 14.9. The predicted octanol–water partition coefficient (Wildman–Crippen LogP) is 2.40. The summed E-state index contributed by atoms with van der Waals surface area (Å²) in [5, 5.41) is 3.34. The van der Waals surface area contributed by atoms with Gasteiger partial charge in [-0.1, -0.05) is 0 Å². The molecule has 0 spiro atoms. The topological polar surface area (TPSA) is 37.8 Å². The van der Waals surface area contributed by atoms with Gasteiger partial charge in [0.2, 0.25) is 0 Å². The number of hydrogen-bond donors (Lipinski definition) is 1. The van der Waals surface area contributed by atoms with Crippen molar-refractivity contribution in [3.05, 3.63) is 54.1 Å². The Hall–Kier alpha value is -1.90. The van der Waals surface area contributed by atoms with Crippen LogP contribution >= 0.6 is 0 Å². The molecule has 0 radical (unpaired) electrons. The SMILES string of the molecule is Cc1ccncc1NCc1ccncc1. The van der Waals surface area contributed by atoms with Crippen LogP contribution in [0.1, 0.15) is 11.1 Å². The first-order valence-corrected chi connectivity index (χ1v) is 4.89. The Labute approximate surface area is 89.2 Å². The van der Waals surface area contributed by atoms with Gasteiger partial charge in [-0.15, -0.1) is 0 Å². The number of hydrogen-bond acceptors (Lipinski definition) is 3. The predicted molar refractivity (Wildman–Crippen MR) is 60.5 cm³/mol. The lowest BCUT2D eigenvalue weighted by Gasteiger charge is -2.08. The average molecular weight is 199 g/mol. The summed E-state index contributed by atoms with van der Waals surface area (Å²) in [6, 6.07) is 5.99. The zero-order chi connectivity index (χ0) is 10.5. The summed E-state index contributed by atoms with van der Waals surface area (Å²) in [4.78, 5) is 8.06. The van der Waals surface area contributed by atoms with Crippen LogP contribution in [-0.2, 0) is 6.54 Å². The molecule has 0 atom stereocenters. The van der Waals surface area contributed by atoms with E-state index in [1.165, 1.54) is 11.1 Å². The van der Waals surface area contributed by atoms with Gasteiger partial charge in [0, 0.05) is 25.1 Å². The second-order valence-corrected chi connectivity index (χ2v) is 3.40. The van der Waals surface area contributed by atoms with Crippen LogP contribution in [0.5, 0.6) is 0 Å². The van der Waals surface area contributed by atoms with Crippen molar-refractivity contribution in [2.75, 3.05) is 5.32 Å². The molecule has 0 saturated carbocycles. The molecule has 3 heteroatoms. The van der Waals surface area contributed by atoms with Gasteiger partial charge in [0.1, 0.15) is 0 Å². The van der Waals surface area contributed by atoms with Gasteiger partial charge in [-0.25, -0.2) is 0 Å². The van der Waals surface area contributed by atoms with Crippen LogP contribution in [0.25, 0.3) is 0 Å². The fraction of sp³-hybridized carbons (Fsp3) is 0.167. The van der Waals surface area contributed by atoms with E-state index in [1.54, 1.807) is 18.6 Å². The minimum atomic E-state index is 0.801. The highest BCUT2D eigenvalue weighted by Crippen LogP contribution is 2.12. The molecule has 2 aromatic rings. The van der Waals surface area contributed by atoms with E-state index < -0.39 is 0 Å². The molecule has 0 bridgehead atoms. The maximum absolute atomic E-state index is 4.08. The Bertz CT molecular complexity index is 426. The van der Waals surface area contributed by atoms with Crippen molar-refractivity contribution in [1.29, 1.82) is 0 Å². The molecule has 3 nitrogen and oxygen atoms in total. The van der Waals surface area contributed by atoms with Crippen molar-refractivity contribution < 1.29 is 0 Å². The molecular formula is C12H13N3. The lowest BCUT2D eigenvalue weighted by molar-refractivity contribution is 1.11. The monoisotopic (exact) mass is 199 g/mol. The standard InChI is InChI=1S/C12H13N3/c1-10-2-5-14-9-12(10)15-8-11-3-6-13-7-4-11/h2-7,9,15H,8H2,1H3. The zero-order valence-electron chi connectivity index (χ0n) is 8.64. The van der Waals surface area contributed by atoms with E-state index >= 15 is 0 Å². The van der Waals surface area contributed by atoms with Crippen molar-refractivity contribution in [2.45, 2.75) is 13.5 Å². The second kappa shape index (κ2) is 4.55. The minimum absolute atomic E-state index is 0.801. The average Bonchev–Trinajstić information content (AvgIpc) is 2.29. The second-order valence-electron chi connectivity index (χ2n) is 3.40. The number of nitrogens with zero attached hydrogens (tertiary/aromatic N) is 2. The lowest BCUT2D eigenvalue weighted by Crippen LogP contribution is -2.01. The third-order valence-corrected chi connectivity index (χ3v) is 2.27. The Morgan fingerprint density at radius 3 is 2.53 bits per heavy atom. The van der Waals surface area contributed by atoms with Crippen LogP contribution in [0.15, 0.2) is 43.0 Å². The highest BCUT2D eigenvalue weighted by molar-refractivity contribution is 5.48. The molecule has 0 amide bonds. The maximum Gasteiger partial charge on any atom is 0.0559 e. The van der Waals surface area contributed by atoms with Crippen LogP contribution in [0.3, 0.4) is 0 Å². The molecule has 0 aliphatic heterocycles. The molecule has 1 N–H and O–H groups in total. The summed E-state index contributed by atoms with van der Waals surface area (Å²) >= 11 is 0. The molecule has 0 saturated heterocycles. The summed E-state index contributed by atoms with van der Waals surface area (Å²) in [5.74, 6) is 0. The van der Waals surface area contributed by atoms with Gasteiger partial charge in [0.25, 0.3) is 0 Å². The van der Waals surface area contributed by atoms with E-state index in [0.717, 1.165) is 12.2 Å². The maximum atomic E-state index is 4.08. The number of pyridine rings is 2. The first-order valence-electron chi connectivity index (χ1n) is 4.89. The summed E-state index contributed by atoms with van der Waals surface area (Å²) in [6.07, 6.45) is 7.24. The Morgan fingerprint density at radius 1 is 1.07 bits per heavy atom. The number of aryl methyl sites for hydroxylation is 1. The van der Waals surface area contributed by atoms with Crippen molar-refractivity contribution in [3.63, 3.8) is 0 Å². The lowest BCUT2D eigenvalue weighted by atomic mass is 10.2. The van der Waals surface area contributed by atoms with Gasteiger partial charge in [-0.2, -0.15) is 0 Å². The summed E-state index contributed by atoms with van der Waals surface area (Å²) in [5.41, 5.74) is 3.50. The molecule has 0 aliphatic rings. The molecule has 0 fully saturated rings. The fourth-order valence-corrected chi connectivity index (χ4v) is 1.35. The van der Waals surface area contributed by atoms with Crippen LogP contribution in [0, 0.1) is 6.92 Å². The number of aromatic nitrogens is 2. The van der Waals surface area contributed by atoms with Crippen molar-refractivity contribution in [1.82, 2.24) is 9.97 Å². The minimum Gasteiger partial charge on any atom is -0.380 e. The molecule has 2 rings (SSSR count).